The van der Waals surface area contributed by atoms with E-state index in [0.717, 1.165) is 0 Å². The highest BCUT2D eigenvalue weighted by Crippen LogP contribution is 2.21. The smallest absolute Gasteiger partial charge is 0.199 e. The summed E-state index contributed by atoms with van der Waals surface area (Å²) in [7, 11) is -2.77. The molecule has 0 radical (unpaired) electrons. The topological polar surface area (TPSA) is 46.5 Å². The van der Waals surface area contributed by atoms with Crippen LogP contribution in [0.3, 0.4) is 0 Å². The maximum Gasteiger partial charge on any atom is 0.698 e. The zero-order valence-electron chi connectivity index (χ0n) is 3.04. The Labute approximate surface area is 54.0 Å². The number of alkyl halides is 2. The average Bonchev–Trinajstić information content (AvgIpc) is 1.27. The number of hydrogen-bond acceptors (Lipinski definition) is 2. The van der Waals surface area contributed by atoms with E-state index in [1.165, 1.54) is 22.6 Å². The van der Waals surface area contributed by atoms with Crippen LogP contribution in [0, 0.1) is 0 Å². The van der Waals surface area contributed by atoms with Crippen molar-refractivity contribution in [1.29, 1.82) is 0 Å². The molecule has 0 aromatic heterocycles. The fourth-order valence-electron chi connectivity index (χ4n) is 0.0682. The molecular weight excluding hydrogens is 237 g/mol. The molecule has 0 spiro atoms. The Morgan fingerprint density at radius 3 is 2.43 bits per heavy atom. The lowest BCUT2D eigenvalue weighted by Gasteiger charge is -1.79. The van der Waals surface area contributed by atoms with Gasteiger partial charge in [-0.3, -0.25) is 0 Å². The van der Waals surface area contributed by atoms with Crippen LogP contribution < -0.4 is 0 Å². The van der Waals surface area contributed by atoms with Gasteiger partial charge in [0.15, 0.2) is 0 Å². The number of halogens is 2. The van der Waals surface area contributed by atoms with E-state index in [0.29, 0.717) is 0 Å². The Morgan fingerprint density at radius 2 is 2.43 bits per heavy atom. The Bertz CT molecular complexity index is 75.3. The zero-order chi connectivity index (χ0) is 5.86. The molecule has 0 amide bonds. The van der Waals surface area contributed by atoms with Crippen molar-refractivity contribution < 1.29 is 18.4 Å². The van der Waals surface area contributed by atoms with Crippen molar-refractivity contribution in [1.82, 2.24) is 0 Å². The van der Waals surface area contributed by atoms with E-state index in [4.69, 9.17) is 4.89 Å². The maximum absolute atomic E-state index is 11.4. The first-order chi connectivity index (χ1) is 3.13. The van der Waals surface area contributed by atoms with Crippen LogP contribution in [0.15, 0.2) is 0 Å². The minimum Gasteiger partial charge on any atom is -0.199 e. The van der Waals surface area contributed by atoms with E-state index >= 15 is 0 Å². The molecular formula is CH2FIO3P+. The van der Waals surface area contributed by atoms with Gasteiger partial charge in [0, 0.05) is 4.57 Å². The lowest BCUT2D eigenvalue weighted by molar-refractivity contribution is 0.161. The van der Waals surface area contributed by atoms with E-state index < -0.39 is 12.6 Å². The minimum absolute atomic E-state index is 1.22. The van der Waals surface area contributed by atoms with Crippen LogP contribution in [-0.2, 0) is 9.09 Å². The van der Waals surface area contributed by atoms with Gasteiger partial charge in [0.1, 0.15) is 0 Å². The third kappa shape index (κ3) is 6.68. The highest BCUT2D eigenvalue weighted by molar-refractivity contribution is 14.1. The molecule has 0 aliphatic rings. The molecule has 0 aliphatic heterocycles. The third-order valence-electron chi connectivity index (χ3n) is 0.170. The van der Waals surface area contributed by atoms with Gasteiger partial charge in [-0.2, -0.15) is 4.39 Å². The maximum atomic E-state index is 11.4. The van der Waals surface area contributed by atoms with Crippen molar-refractivity contribution in [2.75, 3.05) is 0 Å². The molecule has 3 nitrogen and oxygen atoms in total. The molecule has 0 aliphatic carbocycles. The number of hydrogen-bond donors (Lipinski definition) is 1. The van der Waals surface area contributed by atoms with Crippen molar-refractivity contribution in [2.45, 2.75) is 4.36 Å². The van der Waals surface area contributed by atoms with Crippen LogP contribution >= 0.6 is 30.8 Å². The van der Waals surface area contributed by atoms with Gasteiger partial charge in [0.2, 0.25) is 0 Å². The summed E-state index contributed by atoms with van der Waals surface area (Å²) in [6.45, 7) is 0. The molecule has 0 heterocycles. The second-order valence-electron chi connectivity index (χ2n) is 0.604. The van der Waals surface area contributed by atoms with Crippen LogP contribution in [0.4, 0.5) is 4.39 Å². The lowest BCUT2D eigenvalue weighted by Crippen LogP contribution is -1.84. The molecule has 2 atom stereocenters. The summed E-state index contributed by atoms with van der Waals surface area (Å²) in [5.41, 5.74) is 0. The fraction of sp³-hybridized carbons (Fsp3) is 1.00. The van der Waals surface area contributed by atoms with Crippen molar-refractivity contribution in [3.05, 3.63) is 0 Å². The monoisotopic (exact) mass is 239 g/mol. The molecule has 2 unspecified atom stereocenters. The Hall–Kier alpha value is 0.680. The molecule has 0 saturated heterocycles. The highest BCUT2D eigenvalue weighted by atomic mass is 127. The van der Waals surface area contributed by atoms with Crippen LogP contribution in [0.25, 0.3) is 0 Å². The van der Waals surface area contributed by atoms with Gasteiger partial charge in [-0.05, 0) is 22.6 Å². The van der Waals surface area contributed by atoms with Gasteiger partial charge < -0.3 is 0 Å². The largest absolute Gasteiger partial charge is 0.698 e. The van der Waals surface area contributed by atoms with Crippen molar-refractivity contribution in [3.8, 4) is 0 Å². The van der Waals surface area contributed by atoms with Crippen LogP contribution in [0.5, 0.6) is 0 Å². The Morgan fingerprint density at radius 1 is 2.00 bits per heavy atom. The van der Waals surface area contributed by atoms with Crippen LogP contribution in [-0.4, -0.2) is 9.26 Å². The van der Waals surface area contributed by atoms with Gasteiger partial charge in [0.25, 0.3) is 0 Å². The lowest BCUT2D eigenvalue weighted by atomic mass is 11.6. The predicted molar refractivity (Wildman–Crippen MR) is 29.8 cm³/mol. The van der Waals surface area contributed by atoms with Crippen molar-refractivity contribution in [2.24, 2.45) is 0 Å². The first kappa shape index (κ1) is 7.68. The first-order valence-corrected chi connectivity index (χ1v) is 3.61. The quantitative estimate of drug-likeness (QED) is 0.449. The van der Waals surface area contributed by atoms with E-state index in [1.54, 1.807) is 0 Å². The van der Waals surface area contributed by atoms with Crippen molar-refractivity contribution in [3.63, 3.8) is 0 Å². The Kier molecular flexibility index (Phi) is 4.01. The molecule has 7 heavy (non-hydrogen) atoms. The molecule has 0 aromatic carbocycles. The second kappa shape index (κ2) is 3.65. The van der Waals surface area contributed by atoms with Gasteiger partial charge >= 0.3 is 12.6 Å². The van der Waals surface area contributed by atoms with Gasteiger partial charge in [0.05, 0.1) is 0 Å². The molecule has 0 fully saturated rings. The summed E-state index contributed by atoms with van der Waals surface area (Å²) in [6, 6.07) is 0. The summed E-state index contributed by atoms with van der Waals surface area (Å²) < 4.78 is 22.8. The summed E-state index contributed by atoms with van der Waals surface area (Å²) >= 11 is 1.22. The first-order valence-electron chi connectivity index (χ1n) is 1.24. The molecule has 0 bridgehead atoms. The van der Waals surface area contributed by atoms with E-state index in [2.05, 4.69) is 4.52 Å². The Balaban J connectivity index is 3.13. The normalized spacial score (nSPS) is 16.1. The van der Waals surface area contributed by atoms with Crippen LogP contribution in [0.2, 0.25) is 0 Å². The molecule has 0 aromatic rings. The molecule has 0 rings (SSSR count). The zero-order valence-corrected chi connectivity index (χ0v) is 6.10. The SMILES string of the molecule is O=[P+](O)OC(F)I. The van der Waals surface area contributed by atoms with E-state index in [-0.39, 0.29) is 0 Å². The van der Waals surface area contributed by atoms with E-state index in [9.17, 15) is 8.96 Å². The van der Waals surface area contributed by atoms with E-state index in [1.807, 2.05) is 0 Å². The summed E-state index contributed by atoms with van der Waals surface area (Å²) in [5, 5.41) is 0. The second-order valence-corrected chi connectivity index (χ2v) is 2.27. The minimum atomic E-state index is -2.77. The molecule has 0 saturated carbocycles. The highest BCUT2D eigenvalue weighted by Gasteiger charge is 2.18. The standard InChI is InChI=1S/CHFIO3P/c2-1(3)6-7(4)5/h1H/p+1. The van der Waals surface area contributed by atoms with Crippen LogP contribution in [0.1, 0.15) is 0 Å². The molecule has 1 N–H and O–H groups in total. The summed E-state index contributed by atoms with van der Waals surface area (Å²) in [5.74, 6) is 0. The number of rotatable bonds is 2. The van der Waals surface area contributed by atoms with Gasteiger partial charge in [-0.1, -0.05) is 4.52 Å². The van der Waals surface area contributed by atoms with Crippen molar-refractivity contribution >= 4 is 30.8 Å². The summed E-state index contributed by atoms with van der Waals surface area (Å²) in [4.78, 5) is 7.77. The predicted octanol–water partition coefficient (Wildman–Crippen LogP) is 1.34. The van der Waals surface area contributed by atoms with Gasteiger partial charge in [-0.15, -0.1) is 4.89 Å². The third-order valence-corrected chi connectivity index (χ3v) is 1.19. The fourth-order valence-corrected chi connectivity index (χ4v) is 0.788. The van der Waals surface area contributed by atoms with Gasteiger partial charge in [-0.25, -0.2) is 0 Å². The molecule has 6 heteroatoms. The average molecular weight is 239 g/mol. The molecule has 42 valence electrons. The summed E-state index contributed by atoms with van der Waals surface area (Å²) in [6.07, 6.45) is 0.